The number of anilines is 1. The highest BCUT2D eigenvalue weighted by Crippen LogP contribution is 2.53. The summed E-state index contributed by atoms with van der Waals surface area (Å²) in [5, 5.41) is 0. The lowest BCUT2D eigenvalue weighted by atomic mass is 9.85. The molecule has 1 saturated carbocycles. The summed E-state index contributed by atoms with van der Waals surface area (Å²) in [4.78, 5) is 27.3. The Hall–Kier alpha value is -2.88. The van der Waals surface area contributed by atoms with Crippen molar-refractivity contribution in [2.45, 2.75) is 33.1 Å². The predicted octanol–water partition coefficient (Wildman–Crippen LogP) is 5.22. The molecule has 4 heteroatoms. The molecule has 3 aliphatic rings. The van der Waals surface area contributed by atoms with Crippen LogP contribution in [0.1, 0.15) is 37.3 Å². The summed E-state index contributed by atoms with van der Waals surface area (Å²) >= 11 is 0. The van der Waals surface area contributed by atoms with Gasteiger partial charge in [-0.25, -0.2) is 0 Å². The van der Waals surface area contributed by atoms with Gasteiger partial charge >= 0.3 is 0 Å². The average molecular weight is 387 g/mol. The molecule has 2 aromatic carbocycles. The van der Waals surface area contributed by atoms with E-state index in [-0.39, 0.29) is 35.5 Å². The third-order valence-corrected chi connectivity index (χ3v) is 6.58. The fraction of sp³-hybridized carbons (Fsp3) is 0.360. The Morgan fingerprint density at radius 3 is 2.14 bits per heavy atom. The minimum absolute atomic E-state index is 0.0497. The number of aryl methyl sites for hydroxylation is 1. The van der Waals surface area contributed by atoms with E-state index >= 15 is 0 Å². The Kier molecular flexibility index (Phi) is 4.12. The average Bonchev–Trinajstić information content (AvgIpc) is 3.36. The molecule has 1 saturated heterocycles. The van der Waals surface area contributed by atoms with Gasteiger partial charge in [-0.2, -0.15) is 0 Å². The fourth-order valence-electron chi connectivity index (χ4n) is 5.15. The molecule has 0 unspecified atom stereocenters. The van der Waals surface area contributed by atoms with Gasteiger partial charge in [-0.05, 0) is 72.6 Å². The van der Waals surface area contributed by atoms with Crippen LogP contribution in [0.3, 0.4) is 0 Å². The maximum Gasteiger partial charge on any atom is 0.238 e. The number of amides is 2. The van der Waals surface area contributed by atoms with Crippen LogP contribution in [0.4, 0.5) is 5.69 Å². The summed E-state index contributed by atoms with van der Waals surface area (Å²) in [6.45, 7) is 6.33. The van der Waals surface area contributed by atoms with Crippen LogP contribution < -0.4 is 9.64 Å². The molecule has 2 fully saturated rings. The summed E-state index contributed by atoms with van der Waals surface area (Å²) in [5.74, 6) is 1.91. The molecule has 4 nitrogen and oxygen atoms in total. The molecule has 2 aromatic rings. The third kappa shape index (κ3) is 2.81. The molecule has 29 heavy (non-hydrogen) atoms. The minimum Gasteiger partial charge on any atom is -0.457 e. The van der Waals surface area contributed by atoms with Crippen LogP contribution in [0, 0.1) is 30.6 Å². The maximum atomic E-state index is 13.0. The zero-order valence-electron chi connectivity index (χ0n) is 17.0. The van der Waals surface area contributed by atoms with Crippen LogP contribution in [0.25, 0.3) is 0 Å². The fourth-order valence-corrected chi connectivity index (χ4v) is 5.15. The molecular formula is C25H25NO3. The largest absolute Gasteiger partial charge is 0.457 e. The van der Waals surface area contributed by atoms with Crippen molar-refractivity contribution in [3.63, 3.8) is 0 Å². The van der Waals surface area contributed by atoms with Crippen LogP contribution in [0.2, 0.25) is 0 Å². The van der Waals surface area contributed by atoms with Gasteiger partial charge in [-0.3, -0.25) is 14.5 Å². The first kappa shape index (κ1) is 18.2. The maximum absolute atomic E-state index is 13.0. The predicted molar refractivity (Wildman–Crippen MR) is 112 cm³/mol. The first-order chi connectivity index (χ1) is 13.9. The number of ether oxygens (including phenoxy) is 1. The van der Waals surface area contributed by atoms with E-state index in [9.17, 15) is 9.59 Å². The third-order valence-electron chi connectivity index (χ3n) is 6.58. The summed E-state index contributed by atoms with van der Waals surface area (Å²) < 4.78 is 6.14. The molecule has 2 aliphatic carbocycles. The number of rotatable bonds is 4. The highest BCUT2D eigenvalue weighted by Gasteiger charge is 2.59. The van der Waals surface area contributed by atoms with E-state index in [2.05, 4.69) is 38.1 Å². The smallest absolute Gasteiger partial charge is 0.238 e. The molecule has 0 N–H and O–H groups in total. The van der Waals surface area contributed by atoms with Crippen molar-refractivity contribution >= 4 is 17.5 Å². The summed E-state index contributed by atoms with van der Waals surface area (Å²) in [6.07, 6.45) is 5.18. The molecule has 1 heterocycles. The highest BCUT2D eigenvalue weighted by atomic mass is 16.5. The first-order valence-corrected chi connectivity index (χ1v) is 10.4. The highest BCUT2D eigenvalue weighted by molar-refractivity contribution is 6.22. The van der Waals surface area contributed by atoms with Crippen molar-refractivity contribution in [3.8, 4) is 11.5 Å². The van der Waals surface area contributed by atoms with E-state index in [1.807, 2.05) is 37.3 Å². The Bertz CT molecular complexity index is 991. The quantitative estimate of drug-likeness (QED) is 0.534. The second-order valence-corrected chi connectivity index (χ2v) is 8.80. The van der Waals surface area contributed by atoms with Crippen molar-refractivity contribution < 1.29 is 14.3 Å². The van der Waals surface area contributed by atoms with E-state index in [4.69, 9.17) is 4.74 Å². The lowest BCUT2D eigenvalue weighted by Crippen LogP contribution is -2.32. The van der Waals surface area contributed by atoms with Crippen LogP contribution in [0.5, 0.6) is 11.5 Å². The van der Waals surface area contributed by atoms with E-state index in [1.54, 1.807) is 0 Å². The number of hydrogen-bond acceptors (Lipinski definition) is 3. The Morgan fingerprint density at radius 1 is 0.931 bits per heavy atom. The van der Waals surface area contributed by atoms with Crippen molar-refractivity contribution in [1.29, 1.82) is 0 Å². The van der Waals surface area contributed by atoms with E-state index in [0.29, 0.717) is 17.4 Å². The lowest BCUT2D eigenvalue weighted by molar-refractivity contribution is -0.123. The molecule has 2 amide bonds. The summed E-state index contributed by atoms with van der Waals surface area (Å²) in [6, 6.07) is 13.5. The molecule has 2 bridgehead atoms. The molecule has 5 rings (SSSR count). The molecule has 0 radical (unpaired) electrons. The van der Waals surface area contributed by atoms with Crippen LogP contribution in [-0.4, -0.2) is 11.8 Å². The standard InChI is InChI=1S/C25H25NO3/c1-14(2)20-11-4-15(3)12-21(20)29-19-9-7-18(8-10-19)26-24(27)22-16-5-6-17(13-16)23(22)25(26)28/h4-12,14,16-17,22-23H,13H2,1-3H3/t16-,17+,22-,23+. The lowest BCUT2D eigenvalue weighted by Gasteiger charge is -2.18. The van der Waals surface area contributed by atoms with Gasteiger partial charge in [-0.15, -0.1) is 0 Å². The number of carbonyl (C=O) groups excluding carboxylic acids is 2. The second kappa shape index (κ2) is 6.58. The van der Waals surface area contributed by atoms with Gasteiger partial charge in [-0.1, -0.05) is 38.1 Å². The Morgan fingerprint density at radius 2 is 1.55 bits per heavy atom. The summed E-state index contributed by atoms with van der Waals surface area (Å²) in [5.41, 5.74) is 2.93. The van der Waals surface area contributed by atoms with Gasteiger partial charge < -0.3 is 4.74 Å². The van der Waals surface area contributed by atoms with Crippen molar-refractivity contribution in [2.24, 2.45) is 23.7 Å². The number of imide groups is 1. The normalized spacial score (nSPS) is 27.2. The van der Waals surface area contributed by atoms with Gasteiger partial charge in [0.2, 0.25) is 11.8 Å². The van der Waals surface area contributed by atoms with Gasteiger partial charge in [0.15, 0.2) is 0 Å². The Labute approximate surface area is 171 Å². The first-order valence-electron chi connectivity index (χ1n) is 10.4. The topological polar surface area (TPSA) is 46.6 Å². The molecule has 0 spiro atoms. The number of hydrogen-bond donors (Lipinski definition) is 0. The molecule has 1 aliphatic heterocycles. The van der Waals surface area contributed by atoms with Crippen molar-refractivity contribution in [3.05, 3.63) is 65.7 Å². The number of fused-ring (bicyclic) bond motifs is 5. The van der Waals surface area contributed by atoms with E-state index in [1.165, 1.54) is 4.90 Å². The molecule has 148 valence electrons. The SMILES string of the molecule is Cc1ccc(C(C)C)c(Oc2ccc(N3C(=O)[C@@H]4[C@H](C3=O)[C@@H]3C=C[C@H]4C3)cc2)c1. The molecular weight excluding hydrogens is 362 g/mol. The van der Waals surface area contributed by atoms with Crippen LogP contribution in [-0.2, 0) is 9.59 Å². The zero-order valence-corrected chi connectivity index (χ0v) is 17.0. The van der Waals surface area contributed by atoms with Crippen LogP contribution >= 0.6 is 0 Å². The Balaban J connectivity index is 1.39. The minimum atomic E-state index is -0.172. The van der Waals surface area contributed by atoms with Gasteiger partial charge in [0, 0.05) is 0 Å². The molecule has 4 atom stereocenters. The van der Waals surface area contributed by atoms with Crippen molar-refractivity contribution in [1.82, 2.24) is 0 Å². The van der Waals surface area contributed by atoms with Gasteiger partial charge in [0.25, 0.3) is 0 Å². The van der Waals surface area contributed by atoms with Gasteiger partial charge in [0.1, 0.15) is 11.5 Å². The van der Waals surface area contributed by atoms with Crippen LogP contribution in [0.15, 0.2) is 54.6 Å². The monoisotopic (exact) mass is 387 g/mol. The van der Waals surface area contributed by atoms with E-state index < -0.39 is 0 Å². The van der Waals surface area contributed by atoms with Gasteiger partial charge in [0.05, 0.1) is 17.5 Å². The number of nitrogens with zero attached hydrogens (tertiary/aromatic N) is 1. The van der Waals surface area contributed by atoms with Crippen molar-refractivity contribution in [2.75, 3.05) is 4.90 Å². The van der Waals surface area contributed by atoms with E-state index in [0.717, 1.165) is 23.3 Å². The zero-order chi connectivity index (χ0) is 20.3. The molecule has 0 aromatic heterocycles. The summed E-state index contributed by atoms with van der Waals surface area (Å²) in [7, 11) is 0. The second-order valence-electron chi connectivity index (χ2n) is 8.80. The number of benzene rings is 2. The number of carbonyl (C=O) groups is 2. The number of allylic oxidation sites excluding steroid dienone is 2.